The molecule has 0 radical (unpaired) electrons. The van der Waals surface area contributed by atoms with Crippen molar-refractivity contribution in [3.05, 3.63) is 144 Å². The SMILES string of the molecule is O=CC1=CC=CC=CN1C(c1ccccc1)(c1ccccc1)c1ccccc1. The molecule has 1 aliphatic rings. The molecule has 0 aliphatic carbocycles. The van der Waals surface area contributed by atoms with Gasteiger partial charge in [0.15, 0.2) is 6.29 Å². The van der Waals surface area contributed by atoms with Gasteiger partial charge in [0, 0.05) is 6.20 Å². The van der Waals surface area contributed by atoms with Crippen LogP contribution in [0.2, 0.25) is 0 Å². The first kappa shape index (κ1) is 17.7. The first-order chi connectivity index (χ1) is 13.9. The topological polar surface area (TPSA) is 20.3 Å². The van der Waals surface area contributed by atoms with Gasteiger partial charge in [0.25, 0.3) is 0 Å². The van der Waals surface area contributed by atoms with Gasteiger partial charge in [-0.2, -0.15) is 0 Å². The van der Waals surface area contributed by atoms with E-state index in [-0.39, 0.29) is 0 Å². The Morgan fingerprint density at radius 1 is 0.607 bits per heavy atom. The lowest BCUT2D eigenvalue weighted by Gasteiger charge is -2.45. The summed E-state index contributed by atoms with van der Waals surface area (Å²) in [4.78, 5) is 14.2. The maximum atomic E-state index is 12.1. The highest BCUT2D eigenvalue weighted by Gasteiger charge is 2.42. The Labute approximate surface area is 165 Å². The van der Waals surface area contributed by atoms with Crippen molar-refractivity contribution < 1.29 is 4.79 Å². The molecule has 0 saturated heterocycles. The summed E-state index contributed by atoms with van der Waals surface area (Å²) in [5, 5.41) is 0. The van der Waals surface area contributed by atoms with Crippen molar-refractivity contribution in [2.24, 2.45) is 0 Å². The Kier molecular flexibility index (Phi) is 5.03. The van der Waals surface area contributed by atoms with Crippen LogP contribution in [0.4, 0.5) is 0 Å². The van der Waals surface area contributed by atoms with E-state index in [0.717, 1.165) is 23.0 Å². The van der Waals surface area contributed by atoms with Crippen molar-refractivity contribution in [3.63, 3.8) is 0 Å². The van der Waals surface area contributed by atoms with Gasteiger partial charge < -0.3 is 4.90 Å². The van der Waals surface area contributed by atoms with Crippen LogP contribution in [0.25, 0.3) is 0 Å². The summed E-state index contributed by atoms with van der Waals surface area (Å²) in [5.41, 5.74) is 3.19. The normalized spacial score (nSPS) is 13.7. The van der Waals surface area contributed by atoms with Crippen LogP contribution in [0.3, 0.4) is 0 Å². The quantitative estimate of drug-likeness (QED) is 0.444. The van der Waals surface area contributed by atoms with Crippen molar-refractivity contribution in [1.82, 2.24) is 4.90 Å². The van der Waals surface area contributed by atoms with Gasteiger partial charge in [0.1, 0.15) is 5.54 Å². The smallest absolute Gasteiger partial charge is 0.166 e. The van der Waals surface area contributed by atoms with Crippen LogP contribution >= 0.6 is 0 Å². The summed E-state index contributed by atoms with van der Waals surface area (Å²) < 4.78 is 0. The fraction of sp³-hybridized carbons (Fsp3) is 0.0385. The van der Waals surface area contributed by atoms with E-state index in [4.69, 9.17) is 0 Å². The molecule has 0 aromatic heterocycles. The number of benzene rings is 3. The van der Waals surface area contributed by atoms with Crippen LogP contribution < -0.4 is 0 Å². The van der Waals surface area contributed by atoms with Crippen LogP contribution in [0, 0.1) is 0 Å². The number of hydrogen-bond acceptors (Lipinski definition) is 2. The highest BCUT2D eigenvalue weighted by molar-refractivity contribution is 5.75. The minimum Gasteiger partial charge on any atom is -0.327 e. The second-order valence-corrected chi connectivity index (χ2v) is 6.61. The number of aldehydes is 1. The van der Waals surface area contributed by atoms with E-state index in [1.807, 2.05) is 85.1 Å². The van der Waals surface area contributed by atoms with E-state index in [0.29, 0.717) is 5.70 Å². The molecule has 28 heavy (non-hydrogen) atoms. The average molecular weight is 363 g/mol. The highest BCUT2D eigenvalue weighted by Crippen LogP contribution is 2.44. The molecule has 0 saturated carbocycles. The summed E-state index contributed by atoms with van der Waals surface area (Å²) >= 11 is 0. The number of nitrogens with zero attached hydrogens (tertiary/aromatic N) is 1. The monoisotopic (exact) mass is 363 g/mol. The Morgan fingerprint density at radius 2 is 1.07 bits per heavy atom. The Balaban J connectivity index is 2.12. The summed E-state index contributed by atoms with van der Waals surface area (Å²) in [6.45, 7) is 0. The molecule has 0 N–H and O–H groups in total. The third kappa shape index (κ3) is 2.99. The molecule has 0 fully saturated rings. The molecule has 0 unspecified atom stereocenters. The van der Waals surface area contributed by atoms with E-state index in [9.17, 15) is 4.79 Å². The van der Waals surface area contributed by atoms with Crippen LogP contribution in [-0.4, -0.2) is 11.2 Å². The van der Waals surface area contributed by atoms with Crippen molar-refractivity contribution in [3.8, 4) is 0 Å². The molecule has 2 nitrogen and oxygen atoms in total. The average Bonchev–Trinajstić information content (AvgIpc) is 3.03. The largest absolute Gasteiger partial charge is 0.327 e. The summed E-state index contributed by atoms with van der Waals surface area (Å²) in [5.74, 6) is 0. The molecule has 1 heterocycles. The third-order valence-electron chi connectivity index (χ3n) is 5.06. The zero-order valence-electron chi connectivity index (χ0n) is 15.5. The summed E-state index contributed by atoms with van der Waals surface area (Å²) in [6, 6.07) is 31.0. The van der Waals surface area contributed by atoms with Crippen LogP contribution in [-0.2, 0) is 10.3 Å². The number of carbonyl (C=O) groups is 1. The second kappa shape index (κ2) is 7.93. The maximum Gasteiger partial charge on any atom is 0.166 e. The Hall–Kier alpha value is -3.65. The lowest BCUT2D eigenvalue weighted by atomic mass is 9.75. The molecule has 4 rings (SSSR count). The molecular formula is C26H21NO. The van der Waals surface area contributed by atoms with Gasteiger partial charge in [0.05, 0.1) is 5.70 Å². The van der Waals surface area contributed by atoms with Crippen LogP contribution in [0.5, 0.6) is 0 Å². The van der Waals surface area contributed by atoms with Gasteiger partial charge in [-0.15, -0.1) is 0 Å². The molecular weight excluding hydrogens is 342 g/mol. The third-order valence-corrected chi connectivity index (χ3v) is 5.06. The standard InChI is InChI=1S/C26H21NO/c28-21-25-19-11-4-12-20-27(25)26(22-13-5-1-6-14-22,23-15-7-2-8-16-23)24-17-9-3-10-18-24/h1-21H. The van der Waals surface area contributed by atoms with E-state index in [1.165, 1.54) is 0 Å². The van der Waals surface area contributed by atoms with E-state index >= 15 is 0 Å². The lowest BCUT2D eigenvalue weighted by Crippen LogP contribution is -2.45. The molecule has 136 valence electrons. The predicted molar refractivity (Wildman–Crippen MR) is 113 cm³/mol. The zero-order valence-corrected chi connectivity index (χ0v) is 15.5. The summed E-state index contributed by atoms with van der Waals surface area (Å²) in [7, 11) is 0. The van der Waals surface area contributed by atoms with Crippen molar-refractivity contribution in [1.29, 1.82) is 0 Å². The van der Waals surface area contributed by atoms with Crippen molar-refractivity contribution in [2.75, 3.05) is 0 Å². The molecule has 3 aromatic carbocycles. The molecule has 0 amide bonds. The van der Waals surface area contributed by atoms with Gasteiger partial charge in [-0.05, 0) is 28.8 Å². The second-order valence-electron chi connectivity index (χ2n) is 6.61. The molecule has 0 spiro atoms. The van der Waals surface area contributed by atoms with Gasteiger partial charge in [-0.3, -0.25) is 4.79 Å². The number of rotatable bonds is 5. The number of hydrogen-bond donors (Lipinski definition) is 0. The first-order valence-corrected chi connectivity index (χ1v) is 9.33. The molecule has 3 aromatic rings. The Bertz CT molecular complexity index is 921. The van der Waals surface area contributed by atoms with E-state index in [2.05, 4.69) is 41.3 Å². The Morgan fingerprint density at radius 3 is 1.50 bits per heavy atom. The van der Waals surface area contributed by atoms with E-state index < -0.39 is 5.54 Å². The maximum absolute atomic E-state index is 12.1. The zero-order chi connectivity index (χ0) is 19.2. The fourth-order valence-corrected chi connectivity index (χ4v) is 3.88. The molecule has 2 heteroatoms. The van der Waals surface area contributed by atoms with Gasteiger partial charge in [-0.25, -0.2) is 0 Å². The minimum absolute atomic E-state index is 0.599. The van der Waals surface area contributed by atoms with Crippen molar-refractivity contribution >= 4 is 6.29 Å². The van der Waals surface area contributed by atoms with Crippen LogP contribution in [0.15, 0.2) is 127 Å². The lowest BCUT2D eigenvalue weighted by molar-refractivity contribution is -0.106. The van der Waals surface area contributed by atoms with Gasteiger partial charge >= 0.3 is 0 Å². The van der Waals surface area contributed by atoms with Crippen molar-refractivity contribution in [2.45, 2.75) is 5.54 Å². The van der Waals surface area contributed by atoms with Crippen LogP contribution in [0.1, 0.15) is 16.7 Å². The van der Waals surface area contributed by atoms with Gasteiger partial charge in [-0.1, -0.05) is 103 Å². The summed E-state index contributed by atoms with van der Waals surface area (Å²) in [6.07, 6.45) is 10.6. The van der Waals surface area contributed by atoms with Gasteiger partial charge in [0.2, 0.25) is 0 Å². The number of allylic oxidation sites excluding steroid dienone is 5. The molecule has 0 atom stereocenters. The predicted octanol–water partition coefficient (Wildman–Crippen LogP) is 5.45. The fourth-order valence-electron chi connectivity index (χ4n) is 3.88. The highest BCUT2D eigenvalue weighted by atomic mass is 16.1. The minimum atomic E-state index is -0.682. The first-order valence-electron chi connectivity index (χ1n) is 9.33. The molecule has 1 aliphatic heterocycles. The van der Waals surface area contributed by atoms with E-state index in [1.54, 1.807) is 0 Å². The number of carbonyl (C=O) groups excluding carboxylic acids is 1. The molecule has 0 bridgehead atoms.